The first-order valence-corrected chi connectivity index (χ1v) is 10.0. The molecule has 1 unspecified atom stereocenters. The predicted octanol–water partition coefficient (Wildman–Crippen LogP) is 5.28. The lowest BCUT2D eigenvalue weighted by atomic mass is 10.1. The van der Waals surface area contributed by atoms with Gasteiger partial charge in [0, 0.05) is 5.69 Å². The van der Waals surface area contributed by atoms with Crippen molar-refractivity contribution < 1.29 is 19.4 Å². The lowest BCUT2D eigenvalue weighted by Gasteiger charge is -2.18. The fraction of sp³-hybridized carbons (Fsp3) is 0.273. The molecule has 7 heteroatoms. The number of hydrogen-bond acceptors (Lipinski definition) is 5. The van der Waals surface area contributed by atoms with Gasteiger partial charge in [-0.1, -0.05) is 6.92 Å². The number of hydrogen-bond donors (Lipinski definition) is 2. The molecule has 0 heterocycles. The molecule has 1 amide bonds. The van der Waals surface area contributed by atoms with Crippen LogP contribution in [0.3, 0.4) is 0 Å². The van der Waals surface area contributed by atoms with E-state index in [1.807, 2.05) is 26.8 Å². The van der Waals surface area contributed by atoms with Crippen LogP contribution < -0.4 is 14.8 Å². The van der Waals surface area contributed by atoms with Gasteiger partial charge >= 0.3 is 0 Å². The highest BCUT2D eigenvalue weighted by Gasteiger charge is 2.16. The fourth-order valence-electron chi connectivity index (χ4n) is 2.39. The second kappa shape index (κ2) is 10.5. The largest absolute Gasteiger partial charge is 0.508 e. The highest BCUT2D eigenvalue weighted by Crippen LogP contribution is 2.38. The van der Waals surface area contributed by atoms with Crippen LogP contribution in [-0.2, 0) is 4.79 Å². The molecule has 0 aliphatic heterocycles. The molecule has 0 bridgehead atoms. The molecule has 29 heavy (non-hydrogen) atoms. The minimum atomic E-state index is -0.549. The third-order valence-electron chi connectivity index (χ3n) is 4.03. The van der Waals surface area contributed by atoms with E-state index in [-0.39, 0.29) is 17.4 Å². The van der Waals surface area contributed by atoms with E-state index >= 15 is 0 Å². The van der Waals surface area contributed by atoms with Crippen molar-refractivity contribution in [3.63, 3.8) is 0 Å². The topological polar surface area (TPSA) is 91.6 Å². The van der Waals surface area contributed by atoms with Crippen molar-refractivity contribution >= 4 is 33.6 Å². The van der Waals surface area contributed by atoms with Gasteiger partial charge in [0.1, 0.15) is 17.4 Å². The Morgan fingerprint density at radius 3 is 2.59 bits per heavy atom. The molecule has 1 atom stereocenters. The molecule has 2 rings (SSSR count). The van der Waals surface area contributed by atoms with E-state index in [1.54, 1.807) is 24.3 Å². The second-order valence-electron chi connectivity index (χ2n) is 6.27. The molecule has 0 radical (unpaired) electrons. The summed E-state index contributed by atoms with van der Waals surface area (Å²) >= 11 is 3.49. The molecular formula is C22H23BrN2O4. The summed E-state index contributed by atoms with van der Waals surface area (Å²) in [6.45, 7) is 6.32. The molecular weight excluding hydrogens is 436 g/mol. The summed E-state index contributed by atoms with van der Waals surface area (Å²) in [7, 11) is 0. The lowest BCUT2D eigenvalue weighted by Crippen LogP contribution is -2.13. The van der Waals surface area contributed by atoms with Crippen LogP contribution in [0.2, 0.25) is 0 Å². The zero-order valence-corrected chi connectivity index (χ0v) is 18.1. The molecule has 2 N–H and O–H groups in total. The number of nitriles is 1. The van der Waals surface area contributed by atoms with Gasteiger partial charge in [-0.25, -0.2) is 0 Å². The average molecular weight is 459 g/mol. The SMILES string of the molecule is CCOc1cc(C=C(C#N)C(=O)Nc2ccc(O)cc2)cc(Br)c1OC(C)CC. The highest BCUT2D eigenvalue weighted by molar-refractivity contribution is 9.10. The normalized spacial score (nSPS) is 12.0. The Morgan fingerprint density at radius 1 is 1.31 bits per heavy atom. The second-order valence-corrected chi connectivity index (χ2v) is 7.12. The van der Waals surface area contributed by atoms with Gasteiger partial charge in [-0.3, -0.25) is 4.79 Å². The minimum absolute atomic E-state index is 0.0117. The van der Waals surface area contributed by atoms with E-state index in [2.05, 4.69) is 21.2 Å². The first-order valence-electron chi connectivity index (χ1n) is 9.23. The van der Waals surface area contributed by atoms with Gasteiger partial charge < -0.3 is 19.9 Å². The molecule has 2 aromatic rings. The number of nitrogens with one attached hydrogen (secondary N) is 1. The van der Waals surface area contributed by atoms with Crippen LogP contribution in [0.25, 0.3) is 6.08 Å². The smallest absolute Gasteiger partial charge is 0.266 e. The van der Waals surface area contributed by atoms with Crippen LogP contribution in [0.4, 0.5) is 5.69 Å². The number of amides is 1. The Bertz CT molecular complexity index is 933. The number of carbonyl (C=O) groups is 1. The number of phenols is 1. The third kappa shape index (κ3) is 6.26. The standard InChI is InChI=1S/C22H23BrN2O4/c1-4-14(3)29-21-19(23)11-15(12-20(21)28-5-2)10-16(13-24)22(27)25-17-6-8-18(26)9-7-17/h6-12,14,26H,4-5H2,1-3H3,(H,25,27). The Kier molecular flexibility index (Phi) is 8.10. The first-order chi connectivity index (χ1) is 13.9. The van der Waals surface area contributed by atoms with Crippen molar-refractivity contribution in [1.29, 1.82) is 5.26 Å². The van der Waals surface area contributed by atoms with Crippen molar-refractivity contribution in [2.24, 2.45) is 0 Å². The van der Waals surface area contributed by atoms with Crippen molar-refractivity contribution in [1.82, 2.24) is 0 Å². The molecule has 0 aliphatic rings. The zero-order valence-electron chi connectivity index (χ0n) is 16.5. The average Bonchev–Trinajstić information content (AvgIpc) is 2.70. The Balaban J connectivity index is 2.33. The molecule has 0 saturated carbocycles. The number of nitrogens with zero attached hydrogens (tertiary/aromatic N) is 1. The lowest BCUT2D eigenvalue weighted by molar-refractivity contribution is -0.112. The van der Waals surface area contributed by atoms with E-state index in [0.29, 0.717) is 33.8 Å². The van der Waals surface area contributed by atoms with E-state index in [0.717, 1.165) is 6.42 Å². The zero-order chi connectivity index (χ0) is 21.4. The van der Waals surface area contributed by atoms with Crippen LogP contribution in [0, 0.1) is 11.3 Å². The molecule has 0 fully saturated rings. The molecule has 152 valence electrons. The Morgan fingerprint density at radius 2 is 2.00 bits per heavy atom. The summed E-state index contributed by atoms with van der Waals surface area (Å²) in [6, 6.07) is 11.4. The number of benzene rings is 2. The summed E-state index contributed by atoms with van der Waals surface area (Å²) in [6.07, 6.45) is 2.34. The third-order valence-corrected chi connectivity index (χ3v) is 4.62. The van der Waals surface area contributed by atoms with Crippen LogP contribution in [0.15, 0.2) is 46.4 Å². The first kappa shape index (κ1) is 22.3. The Labute approximate surface area is 178 Å². The van der Waals surface area contributed by atoms with Gasteiger partial charge in [-0.2, -0.15) is 5.26 Å². The number of carbonyl (C=O) groups excluding carboxylic acids is 1. The van der Waals surface area contributed by atoms with Crippen molar-refractivity contribution in [3.05, 3.63) is 52.0 Å². The molecule has 2 aromatic carbocycles. The monoisotopic (exact) mass is 458 g/mol. The van der Waals surface area contributed by atoms with Gasteiger partial charge in [-0.15, -0.1) is 0 Å². The summed E-state index contributed by atoms with van der Waals surface area (Å²) in [5, 5.41) is 21.4. The van der Waals surface area contributed by atoms with E-state index in [1.165, 1.54) is 18.2 Å². The summed E-state index contributed by atoms with van der Waals surface area (Å²) in [5.41, 5.74) is 1.03. The number of anilines is 1. The fourth-order valence-corrected chi connectivity index (χ4v) is 2.94. The summed E-state index contributed by atoms with van der Waals surface area (Å²) < 4.78 is 12.3. The van der Waals surface area contributed by atoms with Gasteiger partial charge in [0.2, 0.25) is 0 Å². The molecule has 6 nitrogen and oxygen atoms in total. The molecule has 0 saturated heterocycles. The van der Waals surface area contributed by atoms with Crippen LogP contribution in [0.5, 0.6) is 17.2 Å². The van der Waals surface area contributed by atoms with Gasteiger partial charge in [0.15, 0.2) is 11.5 Å². The maximum absolute atomic E-state index is 12.4. The maximum Gasteiger partial charge on any atom is 0.266 e. The number of ether oxygens (including phenoxy) is 2. The van der Waals surface area contributed by atoms with Crippen LogP contribution in [0.1, 0.15) is 32.8 Å². The summed E-state index contributed by atoms with van der Waals surface area (Å²) in [5.74, 6) is 0.661. The molecule has 0 spiro atoms. The van der Waals surface area contributed by atoms with Crippen molar-refractivity contribution in [2.75, 3.05) is 11.9 Å². The van der Waals surface area contributed by atoms with Gasteiger partial charge in [0.05, 0.1) is 17.2 Å². The quantitative estimate of drug-likeness (QED) is 0.319. The van der Waals surface area contributed by atoms with Crippen LogP contribution in [-0.4, -0.2) is 23.7 Å². The van der Waals surface area contributed by atoms with E-state index < -0.39 is 5.91 Å². The van der Waals surface area contributed by atoms with E-state index in [9.17, 15) is 15.2 Å². The molecule has 0 aromatic heterocycles. The number of rotatable bonds is 8. The predicted molar refractivity (Wildman–Crippen MR) is 116 cm³/mol. The van der Waals surface area contributed by atoms with Gasteiger partial charge in [-0.05, 0) is 84.2 Å². The number of halogens is 1. The van der Waals surface area contributed by atoms with Crippen molar-refractivity contribution in [2.45, 2.75) is 33.3 Å². The number of aromatic hydroxyl groups is 1. The minimum Gasteiger partial charge on any atom is -0.508 e. The summed E-state index contributed by atoms with van der Waals surface area (Å²) in [4.78, 5) is 12.4. The number of phenolic OH excluding ortho intramolecular Hbond substituents is 1. The molecule has 0 aliphatic carbocycles. The maximum atomic E-state index is 12.4. The van der Waals surface area contributed by atoms with E-state index in [4.69, 9.17) is 9.47 Å². The van der Waals surface area contributed by atoms with Gasteiger partial charge in [0.25, 0.3) is 5.91 Å². The Hall–Kier alpha value is -2.98. The highest BCUT2D eigenvalue weighted by atomic mass is 79.9. The van der Waals surface area contributed by atoms with Crippen molar-refractivity contribution in [3.8, 4) is 23.3 Å². The van der Waals surface area contributed by atoms with Crippen LogP contribution >= 0.6 is 15.9 Å².